The summed E-state index contributed by atoms with van der Waals surface area (Å²) in [4.78, 5) is 18.1. The standard InChI is InChI=1S/C14H15N3O2S/c1-2-17-11-5-9(10-8-20-13(6-15)16-10)3-4-12(11)19-7-14(17)18/h3-5,8H,2,6-7,15H2,1H3. The van der Waals surface area contributed by atoms with Gasteiger partial charge in [0.05, 0.1) is 11.4 Å². The third-order valence-electron chi connectivity index (χ3n) is 3.24. The van der Waals surface area contributed by atoms with Crippen LogP contribution in [0.15, 0.2) is 23.6 Å². The zero-order valence-corrected chi connectivity index (χ0v) is 11.9. The summed E-state index contributed by atoms with van der Waals surface area (Å²) < 4.78 is 5.46. The Hall–Kier alpha value is -1.92. The molecule has 0 spiro atoms. The van der Waals surface area contributed by atoms with E-state index < -0.39 is 0 Å². The van der Waals surface area contributed by atoms with Crippen LogP contribution in [0.4, 0.5) is 5.69 Å². The van der Waals surface area contributed by atoms with Crippen molar-refractivity contribution in [1.82, 2.24) is 4.98 Å². The summed E-state index contributed by atoms with van der Waals surface area (Å²) in [6.45, 7) is 3.13. The number of nitrogens with zero attached hydrogens (tertiary/aromatic N) is 2. The van der Waals surface area contributed by atoms with E-state index in [2.05, 4.69) is 4.98 Å². The second-order valence-electron chi connectivity index (χ2n) is 4.44. The molecule has 1 aliphatic heterocycles. The number of ether oxygens (including phenoxy) is 1. The molecule has 3 rings (SSSR count). The van der Waals surface area contributed by atoms with Gasteiger partial charge < -0.3 is 15.4 Å². The number of carbonyl (C=O) groups is 1. The molecule has 2 aromatic rings. The first-order valence-electron chi connectivity index (χ1n) is 6.45. The van der Waals surface area contributed by atoms with Crippen LogP contribution < -0.4 is 15.4 Å². The minimum absolute atomic E-state index is 0.0157. The average Bonchev–Trinajstić information content (AvgIpc) is 2.95. The van der Waals surface area contributed by atoms with Gasteiger partial charge in [-0.25, -0.2) is 4.98 Å². The number of fused-ring (bicyclic) bond motifs is 1. The highest BCUT2D eigenvalue weighted by atomic mass is 32.1. The molecule has 0 bridgehead atoms. The van der Waals surface area contributed by atoms with Crippen molar-refractivity contribution in [2.24, 2.45) is 5.73 Å². The van der Waals surface area contributed by atoms with Crippen LogP contribution in [0.3, 0.4) is 0 Å². The number of anilines is 1. The molecule has 1 aliphatic rings. The molecular formula is C14H15N3O2S. The largest absolute Gasteiger partial charge is 0.482 e. The first-order valence-corrected chi connectivity index (χ1v) is 7.33. The zero-order chi connectivity index (χ0) is 14.1. The van der Waals surface area contributed by atoms with Gasteiger partial charge in [-0.2, -0.15) is 0 Å². The predicted octanol–water partition coefficient (Wildman–Crippen LogP) is 2.01. The lowest BCUT2D eigenvalue weighted by molar-refractivity contribution is -0.121. The van der Waals surface area contributed by atoms with Crippen LogP contribution in [0.1, 0.15) is 11.9 Å². The Morgan fingerprint density at radius 3 is 3.05 bits per heavy atom. The van der Waals surface area contributed by atoms with E-state index in [0.717, 1.165) is 27.7 Å². The number of hydrogen-bond donors (Lipinski definition) is 1. The number of thiazole rings is 1. The van der Waals surface area contributed by atoms with Crippen molar-refractivity contribution in [2.75, 3.05) is 18.1 Å². The predicted molar refractivity (Wildman–Crippen MR) is 79.0 cm³/mol. The van der Waals surface area contributed by atoms with Crippen LogP contribution in [-0.4, -0.2) is 24.0 Å². The first kappa shape index (κ1) is 13.1. The van der Waals surface area contributed by atoms with Gasteiger partial charge in [-0.3, -0.25) is 4.79 Å². The van der Waals surface area contributed by atoms with Gasteiger partial charge in [0, 0.05) is 24.0 Å². The van der Waals surface area contributed by atoms with Crippen molar-refractivity contribution in [3.8, 4) is 17.0 Å². The van der Waals surface area contributed by atoms with E-state index in [4.69, 9.17) is 10.5 Å². The first-order chi connectivity index (χ1) is 9.72. The summed E-state index contributed by atoms with van der Waals surface area (Å²) >= 11 is 1.54. The van der Waals surface area contributed by atoms with Gasteiger partial charge in [-0.05, 0) is 25.1 Å². The Bertz CT molecular complexity index is 654. The monoisotopic (exact) mass is 289 g/mol. The maximum Gasteiger partial charge on any atom is 0.265 e. The number of nitrogens with two attached hydrogens (primary N) is 1. The number of hydrogen-bond acceptors (Lipinski definition) is 5. The van der Waals surface area contributed by atoms with Crippen LogP contribution in [0.5, 0.6) is 5.75 Å². The lowest BCUT2D eigenvalue weighted by atomic mass is 10.1. The summed E-state index contributed by atoms with van der Waals surface area (Å²) in [5.41, 5.74) is 8.25. The average molecular weight is 289 g/mol. The molecule has 20 heavy (non-hydrogen) atoms. The number of aromatic nitrogens is 1. The number of likely N-dealkylation sites (N-methyl/N-ethyl adjacent to an activating group) is 1. The van der Waals surface area contributed by atoms with Crippen LogP contribution in [0.2, 0.25) is 0 Å². The Kier molecular flexibility index (Phi) is 3.42. The molecule has 0 fully saturated rings. The Morgan fingerprint density at radius 1 is 1.50 bits per heavy atom. The van der Waals surface area contributed by atoms with Gasteiger partial charge in [0.15, 0.2) is 6.61 Å². The summed E-state index contributed by atoms with van der Waals surface area (Å²) in [5.74, 6) is 0.725. The number of benzene rings is 1. The van der Waals surface area contributed by atoms with E-state index in [1.54, 1.807) is 16.2 Å². The fourth-order valence-corrected chi connectivity index (χ4v) is 2.93. The number of amides is 1. The van der Waals surface area contributed by atoms with E-state index in [1.807, 2.05) is 30.5 Å². The summed E-state index contributed by atoms with van der Waals surface area (Å²) in [6.07, 6.45) is 0. The zero-order valence-electron chi connectivity index (χ0n) is 11.1. The van der Waals surface area contributed by atoms with Crippen molar-refractivity contribution in [1.29, 1.82) is 0 Å². The maximum absolute atomic E-state index is 11.9. The molecule has 104 valence electrons. The fraction of sp³-hybridized carbons (Fsp3) is 0.286. The summed E-state index contributed by atoms with van der Waals surface area (Å²) in [5, 5.41) is 2.88. The quantitative estimate of drug-likeness (QED) is 0.938. The Morgan fingerprint density at radius 2 is 2.35 bits per heavy atom. The molecule has 0 saturated heterocycles. The SMILES string of the molecule is CCN1C(=O)COc2ccc(-c3csc(CN)n3)cc21. The van der Waals surface area contributed by atoms with Crippen LogP contribution >= 0.6 is 11.3 Å². The summed E-state index contributed by atoms with van der Waals surface area (Å²) in [6, 6.07) is 5.80. The molecule has 0 aliphatic carbocycles. The molecule has 0 radical (unpaired) electrons. The molecule has 2 N–H and O–H groups in total. The third kappa shape index (κ3) is 2.17. The van der Waals surface area contributed by atoms with E-state index in [9.17, 15) is 4.79 Å². The Labute approximate surface area is 121 Å². The van der Waals surface area contributed by atoms with E-state index in [0.29, 0.717) is 13.1 Å². The van der Waals surface area contributed by atoms with Gasteiger partial charge >= 0.3 is 0 Å². The normalized spacial score (nSPS) is 14.1. The van der Waals surface area contributed by atoms with Gasteiger partial charge in [0.25, 0.3) is 5.91 Å². The van der Waals surface area contributed by atoms with Crippen molar-refractivity contribution >= 4 is 22.9 Å². The van der Waals surface area contributed by atoms with Crippen molar-refractivity contribution in [3.63, 3.8) is 0 Å². The molecule has 1 amide bonds. The molecule has 0 saturated carbocycles. The highest BCUT2D eigenvalue weighted by Gasteiger charge is 2.24. The molecule has 0 atom stereocenters. The Balaban J connectivity index is 2.03. The van der Waals surface area contributed by atoms with Crippen molar-refractivity contribution in [2.45, 2.75) is 13.5 Å². The highest BCUT2D eigenvalue weighted by molar-refractivity contribution is 7.09. The van der Waals surface area contributed by atoms with Crippen LogP contribution in [0.25, 0.3) is 11.3 Å². The molecular weight excluding hydrogens is 274 g/mol. The van der Waals surface area contributed by atoms with Gasteiger partial charge in [-0.15, -0.1) is 11.3 Å². The molecule has 1 aromatic carbocycles. The maximum atomic E-state index is 11.9. The van der Waals surface area contributed by atoms with E-state index >= 15 is 0 Å². The van der Waals surface area contributed by atoms with Crippen LogP contribution in [-0.2, 0) is 11.3 Å². The van der Waals surface area contributed by atoms with Gasteiger partial charge in [0.2, 0.25) is 0 Å². The summed E-state index contributed by atoms with van der Waals surface area (Å²) in [7, 11) is 0. The number of rotatable bonds is 3. The van der Waals surface area contributed by atoms with Crippen LogP contribution in [0, 0.1) is 0 Å². The third-order valence-corrected chi connectivity index (χ3v) is 4.11. The second kappa shape index (κ2) is 5.22. The topological polar surface area (TPSA) is 68.5 Å². The second-order valence-corrected chi connectivity index (χ2v) is 5.38. The smallest absolute Gasteiger partial charge is 0.265 e. The van der Waals surface area contributed by atoms with Crippen molar-refractivity contribution in [3.05, 3.63) is 28.6 Å². The number of carbonyl (C=O) groups excluding carboxylic acids is 1. The molecule has 6 heteroatoms. The van der Waals surface area contributed by atoms with E-state index in [-0.39, 0.29) is 12.5 Å². The minimum Gasteiger partial charge on any atom is -0.482 e. The molecule has 2 heterocycles. The molecule has 1 aromatic heterocycles. The lowest BCUT2D eigenvalue weighted by Crippen LogP contribution is -2.38. The van der Waals surface area contributed by atoms with Crippen molar-refractivity contribution < 1.29 is 9.53 Å². The van der Waals surface area contributed by atoms with Gasteiger partial charge in [0.1, 0.15) is 10.8 Å². The molecule has 5 nitrogen and oxygen atoms in total. The van der Waals surface area contributed by atoms with E-state index in [1.165, 1.54) is 0 Å². The lowest BCUT2D eigenvalue weighted by Gasteiger charge is -2.28. The van der Waals surface area contributed by atoms with Gasteiger partial charge in [-0.1, -0.05) is 0 Å². The minimum atomic E-state index is -0.0157. The highest BCUT2D eigenvalue weighted by Crippen LogP contribution is 2.36. The fourth-order valence-electron chi connectivity index (χ4n) is 2.25. The molecule has 0 unspecified atom stereocenters.